The number of hydrogen-bond acceptors (Lipinski definition) is 2. The van der Waals surface area contributed by atoms with Crippen LogP contribution in [0, 0.1) is 13.8 Å². The number of aryl methyl sites for hydroxylation is 2. The molecule has 0 aliphatic carbocycles. The van der Waals surface area contributed by atoms with Crippen molar-refractivity contribution in [1.29, 1.82) is 0 Å². The average molecular weight is 325 g/mol. The summed E-state index contributed by atoms with van der Waals surface area (Å²) in [6.45, 7) is 3.91. The van der Waals surface area contributed by atoms with Gasteiger partial charge in [0, 0.05) is 18.0 Å². The van der Waals surface area contributed by atoms with Gasteiger partial charge < -0.3 is 10.4 Å². The number of benzene rings is 2. The maximum atomic E-state index is 12.5. The Balaban J connectivity index is 2.11. The van der Waals surface area contributed by atoms with E-state index in [0.29, 0.717) is 18.4 Å². The number of hydrogen-bond donors (Lipinski definition) is 2. The van der Waals surface area contributed by atoms with E-state index in [0.717, 1.165) is 16.7 Å². The van der Waals surface area contributed by atoms with Gasteiger partial charge in [0.15, 0.2) is 0 Å². The van der Waals surface area contributed by atoms with Crippen LogP contribution < -0.4 is 5.32 Å². The molecule has 1 unspecified atom stereocenters. The van der Waals surface area contributed by atoms with Crippen molar-refractivity contribution >= 4 is 11.9 Å². The highest BCUT2D eigenvalue weighted by atomic mass is 16.4. The number of carboxylic acid groups (broad SMARTS) is 1. The summed E-state index contributed by atoms with van der Waals surface area (Å²) in [7, 11) is 0. The van der Waals surface area contributed by atoms with Crippen LogP contribution in [-0.2, 0) is 11.2 Å². The first kappa shape index (κ1) is 17.7. The van der Waals surface area contributed by atoms with Crippen LogP contribution in [0.1, 0.15) is 39.9 Å². The second-order valence-corrected chi connectivity index (χ2v) is 6.17. The van der Waals surface area contributed by atoms with Crippen LogP contribution in [0.3, 0.4) is 0 Å². The molecule has 0 heterocycles. The lowest BCUT2D eigenvalue weighted by molar-refractivity contribution is -0.137. The summed E-state index contributed by atoms with van der Waals surface area (Å²) < 4.78 is 0. The van der Waals surface area contributed by atoms with Gasteiger partial charge in [-0.3, -0.25) is 9.59 Å². The van der Waals surface area contributed by atoms with Crippen molar-refractivity contribution in [3.63, 3.8) is 0 Å². The fraction of sp³-hybridized carbons (Fsp3) is 0.300. The molecule has 1 amide bonds. The zero-order chi connectivity index (χ0) is 17.5. The van der Waals surface area contributed by atoms with Crippen molar-refractivity contribution in [3.8, 4) is 0 Å². The van der Waals surface area contributed by atoms with Gasteiger partial charge in [-0.2, -0.15) is 0 Å². The molecule has 2 aromatic carbocycles. The van der Waals surface area contributed by atoms with Crippen LogP contribution in [0.15, 0.2) is 48.5 Å². The van der Waals surface area contributed by atoms with Crippen LogP contribution in [0.4, 0.5) is 0 Å². The Bertz CT molecular complexity index is 690. The van der Waals surface area contributed by atoms with Crippen molar-refractivity contribution in [2.24, 2.45) is 0 Å². The predicted molar refractivity (Wildman–Crippen MR) is 94.2 cm³/mol. The molecular weight excluding hydrogens is 302 g/mol. The molecule has 4 heteroatoms. The van der Waals surface area contributed by atoms with E-state index < -0.39 is 5.97 Å². The fourth-order valence-electron chi connectivity index (χ4n) is 2.80. The van der Waals surface area contributed by atoms with Gasteiger partial charge in [0.25, 0.3) is 5.91 Å². The third-order valence-electron chi connectivity index (χ3n) is 3.85. The van der Waals surface area contributed by atoms with Gasteiger partial charge in [-0.25, -0.2) is 0 Å². The molecule has 0 saturated carbocycles. The smallest absolute Gasteiger partial charge is 0.303 e. The number of carbonyl (C=O) groups excluding carboxylic acids is 1. The predicted octanol–water partition coefficient (Wildman–Crippen LogP) is 3.51. The van der Waals surface area contributed by atoms with Gasteiger partial charge >= 0.3 is 5.97 Å². The highest BCUT2D eigenvalue weighted by molar-refractivity contribution is 5.94. The van der Waals surface area contributed by atoms with Gasteiger partial charge in [0.05, 0.1) is 0 Å². The molecule has 24 heavy (non-hydrogen) atoms. The number of carbonyl (C=O) groups is 2. The number of rotatable bonds is 7. The lowest BCUT2D eigenvalue weighted by Gasteiger charge is -2.19. The van der Waals surface area contributed by atoms with Gasteiger partial charge in [-0.05, 0) is 44.4 Å². The SMILES string of the molecule is Cc1cc(C)cc(C(=O)NC(CCC(=O)O)Cc2ccccc2)c1. The highest BCUT2D eigenvalue weighted by Gasteiger charge is 2.16. The lowest BCUT2D eigenvalue weighted by atomic mass is 10.0. The van der Waals surface area contributed by atoms with E-state index in [4.69, 9.17) is 5.11 Å². The maximum Gasteiger partial charge on any atom is 0.303 e. The van der Waals surface area contributed by atoms with Crippen LogP contribution in [-0.4, -0.2) is 23.0 Å². The molecule has 4 nitrogen and oxygen atoms in total. The van der Waals surface area contributed by atoms with E-state index >= 15 is 0 Å². The quantitative estimate of drug-likeness (QED) is 0.818. The standard InChI is InChI=1S/C20H23NO3/c1-14-10-15(2)12-17(11-14)20(24)21-18(8-9-19(22)23)13-16-6-4-3-5-7-16/h3-7,10-12,18H,8-9,13H2,1-2H3,(H,21,24)(H,22,23). The normalized spacial score (nSPS) is 11.8. The Morgan fingerprint density at radius 1 is 1.04 bits per heavy atom. The minimum Gasteiger partial charge on any atom is -0.481 e. The van der Waals surface area contributed by atoms with Crippen molar-refractivity contribution in [2.45, 2.75) is 39.2 Å². The molecule has 0 saturated heterocycles. The number of aliphatic carboxylic acids is 1. The molecule has 0 fully saturated rings. The summed E-state index contributed by atoms with van der Waals surface area (Å²) in [5, 5.41) is 11.9. The van der Waals surface area contributed by atoms with E-state index in [-0.39, 0.29) is 18.4 Å². The molecule has 1 atom stereocenters. The highest BCUT2D eigenvalue weighted by Crippen LogP contribution is 2.12. The zero-order valence-electron chi connectivity index (χ0n) is 14.1. The van der Waals surface area contributed by atoms with E-state index in [1.54, 1.807) is 0 Å². The molecule has 2 aromatic rings. The molecule has 0 aliphatic heterocycles. The van der Waals surface area contributed by atoms with Crippen molar-refractivity contribution in [2.75, 3.05) is 0 Å². The first-order chi connectivity index (χ1) is 11.4. The molecule has 2 rings (SSSR count). The third-order valence-corrected chi connectivity index (χ3v) is 3.85. The molecule has 0 spiro atoms. The monoisotopic (exact) mass is 325 g/mol. The molecule has 0 bridgehead atoms. The second-order valence-electron chi connectivity index (χ2n) is 6.17. The zero-order valence-corrected chi connectivity index (χ0v) is 14.1. The lowest BCUT2D eigenvalue weighted by Crippen LogP contribution is -2.37. The van der Waals surface area contributed by atoms with Crippen LogP contribution in [0.5, 0.6) is 0 Å². The van der Waals surface area contributed by atoms with Gasteiger partial charge in [-0.15, -0.1) is 0 Å². The molecule has 0 radical (unpaired) electrons. The Morgan fingerprint density at radius 3 is 2.25 bits per heavy atom. The minimum absolute atomic E-state index is 0.0324. The van der Waals surface area contributed by atoms with Crippen LogP contribution in [0.25, 0.3) is 0 Å². The molecule has 126 valence electrons. The van der Waals surface area contributed by atoms with E-state index in [1.807, 2.05) is 62.4 Å². The Morgan fingerprint density at radius 2 is 1.67 bits per heavy atom. The Labute approximate surface area is 142 Å². The van der Waals surface area contributed by atoms with Crippen LogP contribution >= 0.6 is 0 Å². The first-order valence-corrected chi connectivity index (χ1v) is 8.09. The Hall–Kier alpha value is -2.62. The largest absolute Gasteiger partial charge is 0.481 e. The van der Waals surface area contributed by atoms with Crippen molar-refractivity contribution in [3.05, 3.63) is 70.8 Å². The summed E-state index contributed by atoms with van der Waals surface area (Å²) in [5.74, 6) is -1.01. The topological polar surface area (TPSA) is 66.4 Å². The Kier molecular flexibility index (Phi) is 6.13. The molecule has 0 aromatic heterocycles. The summed E-state index contributed by atoms with van der Waals surface area (Å²) in [6, 6.07) is 15.3. The second kappa shape index (κ2) is 8.29. The molecule has 0 aliphatic rings. The number of amides is 1. The fourth-order valence-corrected chi connectivity index (χ4v) is 2.80. The van der Waals surface area contributed by atoms with Crippen molar-refractivity contribution in [1.82, 2.24) is 5.32 Å². The number of nitrogens with one attached hydrogen (secondary N) is 1. The average Bonchev–Trinajstić information content (AvgIpc) is 2.52. The first-order valence-electron chi connectivity index (χ1n) is 8.09. The molecular formula is C20H23NO3. The summed E-state index contributed by atoms with van der Waals surface area (Å²) in [6.07, 6.45) is 1.05. The van der Waals surface area contributed by atoms with E-state index in [2.05, 4.69) is 5.32 Å². The van der Waals surface area contributed by atoms with Gasteiger partial charge in [0.1, 0.15) is 0 Å². The summed E-state index contributed by atoms with van der Waals surface area (Å²) >= 11 is 0. The number of carboxylic acids is 1. The van der Waals surface area contributed by atoms with E-state index in [9.17, 15) is 9.59 Å². The van der Waals surface area contributed by atoms with Gasteiger partial charge in [-0.1, -0.05) is 47.5 Å². The third kappa shape index (κ3) is 5.54. The van der Waals surface area contributed by atoms with Crippen LogP contribution in [0.2, 0.25) is 0 Å². The summed E-state index contributed by atoms with van der Waals surface area (Å²) in [5.41, 5.74) is 3.75. The maximum absolute atomic E-state index is 12.5. The van der Waals surface area contributed by atoms with Crippen molar-refractivity contribution < 1.29 is 14.7 Å². The minimum atomic E-state index is -0.853. The van der Waals surface area contributed by atoms with E-state index in [1.165, 1.54) is 0 Å². The molecule has 2 N–H and O–H groups in total. The van der Waals surface area contributed by atoms with Gasteiger partial charge in [0.2, 0.25) is 0 Å². The summed E-state index contributed by atoms with van der Waals surface area (Å²) in [4.78, 5) is 23.4.